The summed E-state index contributed by atoms with van der Waals surface area (Å²) in [6, 6.07) is 16.4. The highest BCUT2D eigenvalue weighted by Crippen LogP contribution is 2.21. The summed E-state index contributed by atoms with van der Waals surface area (Å²) in [5.74, 6) is 0.243. The number of hydrogen-bond acceptors (Lipinski definition) is 4. The van der Waals surface area contributed by atoms with Crippen molar-refractivity contribution in [3.8, 4) is 0 Å². The zero-order valence-corrected chi connectivity index (χ0v) is 20.3. The van der Waals surface area contributed by atoms with Crippen molar-refractivity contribution in [3.05, 3.63) is 64.7 Å². The Bertz CT molecular complexity index is 819. The molecular weight excluding hydrogens is 431 g/mol. The van der Waals surface area contributed by atoms with E-state index in [1.165, 1.54) is 11.3 Å². The van der Waals surface area contributed by atoms with E-state index in [-0.39, 0.29) is 24.3 Å². The number of carbonyl (C=O) groups is 1. The van der Waals surface area contributed by atoms with E-state index in [0.717, 1.165) is 49.7 Å². The number of benzene rings is 2. The van der Waals surface area contributed by atoms with Gasteiger partial charge in [-0.15, -0.1) is 12.4 Å². The van der Waals surface area contributed by atoms with Crippen LogP contribution in [0.1, 0.15) is 37.8 Å². The van der Waals surface area contributed by atoms with Gasteiger partial charge in [0, 0.05) is 43.4 Å². The maximum atomic E-state index is 12.5. The molecule has 0 spiro atoms. The molecule has 0 saturated carbocycles. The number of nitrogens with zero attached hydrogens (tertiary/aromatic N) is 2. The van der Waals surface area contributed by atoms with Crippen molar-refractivity contribution in [1.29, 1.82) is 0 Å². The SMILES string of the molecule is CC(C)Cc1ccc(C(C)C(=O)OCCN2CCN(c3cccc(Cl)c3)CC2)cc1.Cl. The maximum absolute atomic E-state index is 12.5. The first-order valence-electron chi connectivity index (χ1n) is 10.9. The van der Waals surface area contributed by atoms with E-state index in [1.807, 2.05) is 25.1 Å². The Labute approximate surface area is 197 Å². The zero-order valence-electron chi connectivity index (χ0n) is 18.7. The van der Waals surface area contributed by atoms with E-state index in [0.29, 0.717) is 12.5 Å². The van der Waals surface area contributed by atoms with Gasteiger partial charge in [-0.1, -0.05) is 55.8 Å². The number of esters is 1. The summed E-state index contributed by atoms with van der Waals surface area (Å²) >= 11 is 6.10. The Hall–Kier alpha value is -1.75. The third-order valence-corrected chi connectivity index (χ3v) is 5.91. The monoisotopic (exact) mass is 464 g/mol. The summed E-state index contributed by atoms with van der Waals surface area (Å²) in [4.78, 5) is 17.1. The van der Waals surface area contributed by atoms with Crippen LogP contribution in [0.5, 0.6) is 0 Å². The lowest BCUT2D eigenvalue weighted by Gasteiger charge is -2.36. The van der Waals surface area contributed by atoms with Crippen LogP contribution in [0, 0.1) is 5.92 Å². The molecule has 2 aromatic rings. The maximum Gasteiger partial charge on any atom is 0.313 e. The average molecular weight is 465 g/mol. The second kappa shape index (κ2) is 12.3. The summed E-state index contributed by atoms with van der Waals surface area (Å²) < 4.78 is 5.57. The Balaban J connectivity index is 0.00000341. The van der Waals surface area contributed by atoms with Gasteiger partial charge in [-0.05, 0) is 48.6 Å². The normalized spacial score (nSPS) is 15.5. The van der Waals surface area contributed by atoms with Crippen LogP contribution in [0.15, 0.2) is 48.5 Å². The lowest BCUT2D eigenvalue weighted by atomic mass is 9.97. The fourth-order valence-electron chi connectivity index (χ4n) is 3.85. The Morgan fingerprint density at radius 2 is 1.71 bits per heavy atom. The van der Waals surface area contributed by atoms with Crippen LogP contribution in [0.2, 0.25) is 5.02 Å². The predicted molar refractivity (Wildman–Crippen MR) is 132 cm³/mol. The van der Waals surface area contributed by atoms with Crippen LogP contribution in [0.3, 0.4) is 0 Å². The third kappa shape index (κ3) is 7.71. The number of hydrogen-bond donors (Lipinski definition) is 0. The Morgan fingerprint density at radius 1 is 1.03 bits per heavy atom. The van der Waals surface area contributed by atoms with Crippen molar-refractivity contribution >= 4 is 35.7 Å². The lowest BCUT2D eigenvalue weighted by molar-refractivity contribution is -0.145. The minimum atomic E-state index is -0.238. The molecule has 0 aromatic heterocycles. The highest BCUT2D eigenvalue weighted by molar-refractivity contribution is 6.30. The van der Waals surface area contributed by atoms with E-state index in [2.05, 4.69) is 54.0 Å². The molecule has 2 aromatic carbocycles. The molecule has 0 aliphatic carbocycles. The Morgan fingerprint density at radius 3 is 2.32 bits per heavy atom. The topological polar surface area (TPSA) is 32.8 Å². The van der Waals surface area contributed by atoms with Crippen LogP contribution < -0.4 is 4.90 Å². The van der Waals surface area contributed by atoms with E-state index < -0.39 is 0 Å². The third-order valence-electron chi connectivity index (χ3n) is 5.67. The van der Waals surface area contributed by atoms with Gasteiger partial charge in [-0.3, -0.25) is 9.69 Å². The van der Waals surface area contributed by atoms with Gasteiger partial charge >= 0.3 is 5.97 Å². The second-order valence-corrected chi connectivity index (χ2v) is 8.97. The quantitative estimate of drug-likeness (QED) is 0.487. The van der Waals surface area contributed by atoms with Crippen LogP contribution in [0.25, 0.3) is 0 Å². The number of ether oxygens (including phenoxy) is 1. The molecule has 1 saturated heterocycles. The first kappa shape index (κ1) is 25.5. The van der Waals surface area contributed by atoms with E-state index in [4.69, 9.17) is 16.3 Å². The first-order chi connectivity index (χ1) is 14.4. The van der Waals surface area contributed by atoms with Gasteiger partial charge in [0.05, 0.1) is 5.92 Å². The fourth-order valence-corrected chi connectivity index (χ4v) is 4.04. The van der Waals surface area contributed by atoms with Crippen molar-refractivity contribution in [2.24, 2.45) is 5.92 Å². The van der Waals surface area contributed by atoms with Crippen LogP contribution in [-0.2, 0) is 16.0 Å². The minimum absolute atomic E-state index is 0. The van der Waals surface area contributed by atoms with Gasteiger partial charge in [0.1, 0.15) is 6.61 Å². The number of anilines is 1. The van der Waals surface area contributed by atoms with Crippen molar-refractivity contribution in [2.75, 3.05) is 44.2 Å². The number of halogens is 2. The fraction of sp³-hybridized carbons (Fsp3) is 0.480. The predicted octanol–water partition coefficient (Wildman–Crippen LogP) is 5.43. The number of carbonyl (C=O) groups excluding carboxylic acids is 1. The molecule has 31 heavy (non-hydrogen) atoms. The molecule has 6 heteroatoms. The second-order valence-electron chi connectivity index (χ2n) is 8.54. The lowest BCUT2D eigenvalue weighted by Crippen LogP contribution is -2.47. The van der Waals surface area contributed by atoms with Gasteiger partial charge in [0.2, 0.25) is 0 Å². The average Bonchev–Trinajstić information content (AvgIpc) is 2.74. The summed E-state index contributed by atoms with van der Waals surface area (Å²) in [5, 5.41) is 0.769. The largest absolute Gasteiger partial charge is 0.464 e. The molecule has 1 aliphatic rings. The van der Waals surface area contributed by atoms with Gasteiger partial charge in [-0.25, -0.2) is 0 Å². The molecule has 170 valence electrons. The molecule has 1 fully saturated rings. The highest BCUT2D eigenvalue weighted by atomic mass is 35.5. The smallest absolute Gasteiger partial charge is 0.313 e. The summed E-state index contributed by atoms with van der Waals surface area (Å²) in [5.41, 5.74) is 3.50. The van der Waals surface area contributed by atoms with Crippen LogP contribution in [0.4, 0.5) is 5.69 Å². The van der Waals surface area contributed by atoms with E-state index in [1.54, 1.807) is 0 Å². The summed E-state index contributed by atoms with van der Waals surface area (Å²) in [6.45, 7) is 11.4. The molecule has 0 amide bonds. The van der Waals surface area contributed by atoms with Gasteiger partial charge in [0.15, 0.2) is 0 Å². The number of piperazine rings is 1. The first-order valence-corrected chi connectivity index (χ1v) is 11.3. The minimum Gasteiger partial charge on any atom is -0.464 e. The molecule has 1 heterocycles. The highest BCUT2D eigenvalue weighted by Gasteiger charge is 2.20. The molecule has 0 radical (unpaired) electrons. The molecular formula is C25H34Cl2N2O2. The number of rotatable bonds is 8. The van der Waals surface area contributed by atoms with Crippen molar-refractivity contribution in [1.82, 2.24) is 4.90 Å². The summed E-state index contributed by atoms with van der Waals surface area (Å²) in [7, 11) is 0. The molecule has 1 atom stereocenters. The molecule has 1 unspecified atom stereocenters. The van der Waals surface area contributed by atoms with Crippen molar-refractivity contribution < 1.29 is 9.53 Å². The molecule has 3 rings (SSSR count). The van der Waals surface area contributed by atoms with Crippen LogP contribution in [-0.4, -0.2) is 50.2 Å². The van der Waals surface area contributed by atoms with Crippen molar-refractivity contribution in [3.63, 3.8) is 0 Å². The molecule has 1 aliphatic heterocycles. The Kier molecular flexibility index (Phi) is 10.1. The van der Waals surface area contributed by atoms with E-state index >= 15 is 0 Å². The zero-order chi connectivity index (χ0) is 21.5. The molecule has 4 nitrogen and oxygen atoms in total. The van der Waals surface area contributed by atoms with Gasteiger partial charge in [0.25, 0.3) is 0 Å². The standard InChI is InChI=1S/C25H33ClN2O2.ClH/c1-19(2)17-21-7-9-22(10-8-21)20(3)25(29)30-16-15-27-11-13-28(14-12-27)24-6-4-5-23(26)18-24;/h4-10,18-20H,11-17H2,1-3H3;1H. The van der Waals surface area contributed by atoms with Gasteiger partial charge < -0.3 is 9.64 Å². The van der Waals surface area contributed by atoms with Gasteiger partial charge in [-0.2, -0.15) is 0 Å². The summed E-state index contributed by atoms with van der Waals surface area (Å²) in [6.07, 6.45) is 1.06. The van der Waals surface area contributed by atoms with Crippen LogP contribution >= 0.6 is 24.0 Å². The molecule has 0 bridgehead atoms. The molecule has 0 N–H and O–H groups in total. The van der Waals surface area contributed by atoms with Crippen molar-refractivity contribution in [2.45, 2.75) is 33.1 Å². The van der Waals surface area contributed by atoms with E-state index in [9.17, 15) is 4.79 Å².